The minimum Gasteiger partial charge on any atom is -0.496 e. The van der Waals surface area contributed by atoms with Gasteiger partial charge in [-0.2, -0.15) is 0 Å². The van der Waals surface area contributed by atoms with E-state index in [9.17, 15) is 9.59 Å². The zero-order valence-corrected chi connectivity index (χ0v) is 21.3. The Kier molecular flexibility index (Phi) is 7.34. The van der Waals surface area contributed by atoms with E-state index in [1.807, 2.05) is 84.2 Å². The van der Waals surface area contributed by atoms with Crippen molar-refractivity contribution in [1.82, 2.24) is 4.98 Å². The van der Waals surface area contributed by atoms with Gasteiger partial charge in [-0.3, -0.25) is 9.59 Å². The molecule has 1 unspecified atom stereocenters. The van der Waals surface area contributed by atoms with Gasteiger partial charge < -0.3 is 15.4 Å². The Morgan fingerprint density at radius 1 is 1.00 bits per heavy atom. The Labute approximate surface area is 218 Å². The molecule has 5 rings (SSSR count). The van der Waals surface area contributed by atoms with Crippen molar-refractivity contribution in [1.29, 1.82) is 0 Å². The smallest absolute Gasteiger partial charge is 0.244 e. The number of thioether (sulfide) groups is 1. The van der Waals surface area contributed by atoms with Crippen molar-refractivity contribution >= 4 is 45.7 Å². The number of nitrogens with one attached hydrogen (secondary N) is 2. The molecule has 0 spiro atoms. The number of carbonyl (C=O) groups excluding carboxylic acids is 2. The summed E-state index contributed by atoms with van der Waals surface area (Å²) in [6, 6.07) is 25.0. The van der Waals surface area contributed by atoms with E-state index in [0.29, 0.717) is 5.13 Å². The van der Waals surface area contributed by atoms with Gasteiger partial charge in [0.05, 0.1) is 12.8 Å². The van der Waals surface area contributed by atoms with E-state index < -0.39 is 5.25 Å². The van der Waals surface area contributed by atoms with Crippen LogP contribution in [0.1, 0.15) is 23.7 Å². The summed E-state index contributed by atoms with van der Waals surface area (Å²) in [7, 11) is 1.63. The van der Waals surface area contributed by atoms with Crippen molar-refractivity contribution in [3.8, 4) is 17.0 Å². The second kappa shape index (κ2) is 11.0. The lowest BCUT2D eigenvalue weighted by molar-refractivity contribution is -0.117. The Morgan fingerprint density at radius 3 is 2.56 bits per heavy atom. The molecule has 0 aliphatic heterocycles. The van der Waals surface area contributed by atoms with Gasteiger partial charge in [0.25, 0.3) is 0 Å². The van der Waals surface area contributed by atoms with Crippen LogP contribution >= 0.6 is 23.1 Å². The second-order valence-corrected chi connectivity index (χ2v) is 10.5. The zero-order valence-electron chi connectivity index (χ0n) is 19.6. The third-order valence-electron chi connectivity index (χ3n) is 5.76. The van der Waals surface area contributed by atoms with E-state index in [4.69, 9.17) is 4.74 Å². The molecule has 3 aromatic carbocycles. The minimum absolute atomic E-state index is 0.0594. The molecule has 1 aromatic heterocycles. The van der Waals surface area contributed by atoms with E-state index in [1.54, 1.807) is 7.11 Å². The Bertz CT molecular complexity index is 1370. The molecule has 36 heavy (non-hydrogen) atoms. The number of thiazole rings is 1. The summed E-state index contributed by atoms with van der Waals surface area (Å²) in [5, 5.41) is 7.91. The van der Waals surface area contributed by atoms with E-state index in [1.165, 1.54) is 23.1 Å². The van der Waals surface area contributed by atoms with Crippen LogP contribution in [-0.4, -0.2) is 23.9 Å². The first kappa shape index (κ1) is 24.1. The van der Waals surface area contributed by atoms with Crippen LogP contribution in [-0.2, 0) is 9.59 Å². The molecule has 1 aliphatic carbocycles. The average molecular weight is 516 g/mol. The number of rotatable bonds is 9. The van der Waals surface area contributed by atoms with Crippen LogP contribution in [0.15, 0.2) is 89.1 Å². The van der Waals surface area contributed by atoms with Crippen LogP contribution in [0.3, 0.4) is 0 Å². The molecular weight excluding hydrogens is 490 g/mol. The number of benzene rings is 3. The standard InChI is InChI=1S/C28H25N3O3S2/c1-34-24-13-6-5-12-22(24)23-17-35-28(30-23)31-27(33)25(18-8-3-2-4-9-18)36-21-11-7-10-20(16-21)29-26(32)19-14-15-19/h2-13,16-17,19,25H,14-15H2,1H3,(H,29,32)(H,30,31,33). The third kappa shape index (κ3) is 5.78. The molecule has 8 heteroatoms. The minimum atomic E-state index is -0.501. The van der Waals surface area contributed by atoms with E-state index in [0.717, 1.165) is 46.0 Å². The number of amides is 2. The van der Waals surface area contributed by atoms with Gasteiger partial charge in [-0.05, 0) is 48.7 Å². The Hall–Kier alpha value is -3.62. The van der Waals surface area contributed by atoms with Gasteiger partial charge in [-0.15, -0.1) is 23.1 Å². The molecule has 0 bridgehead atoms. The number of para-hydroxylation sites is 1. The van der Waals surface area contributed by atoms with Gasteiger partial charge in [0, 0.05) is 27.4 Å². The molecule has 2 amide bonds. The number of aromatic nitrogens is 1. The largest absolute Gasteiger partial charge is 0.496 e. The molecule has 182 valence electrons. The summed E-state index contributed by atoms with van der Waals surface area (Å²) < 4.78 is 5.45. The highest BCUT2D eigenvalue weighted by atomic mass is 32.2. The maximum absolute atomic E-state index is 13.5. The molecule has 0 saturated heterocycles. The van der Waals surface area contributed by atoms with E-state index in [2.05, 4.69) is 15.6 Å². The van der Waals surface area contributed by atoms with Crippen molar-refractivity contribution in [3.05, 3.63) is 89.8 Å². The second-order valence-electron chi connectivity index (χ2n) is 8.43. The molecule has 6 nitrogen and oxygen atoms in total. The number of anilines is 2. The molecule has 1 fully saturated rings. The lowest BCUT2D eigenvalue weighted by atomic mass is 10.1. The summed E-state index contributed by atoms with van der Waals surface area (Å²) in [5.74, 6) is 0.749. The SMILES string of the molecule is COc1ccccc1-c1csc(NC(=O)C(Sc2cccc(NC(=O)C3CC3)c2)c2ccccc2)n1. The van der Waals surface area contributed by atoms with Crippen molar-refractivity contribution in [2.75, 3.05) is 17.7 Å². The summed E-state index contributed by atoms with van der Waals surface area (Å²) in [4.78, 5) is 31.2. The number of methoxy groups -OCH3 is 1. The van der Waals surface area contributed by atoms with Crippen molar-refractivity contribution in [2.45, 2.75) is 23.0 Å². The molecule has 1 atom stereocenters. The Morgan fingerprint density at radius 2 is 1.78 bits per heavy atom. The number of hydrogen-bond acceptors (Lipinski definition) is 6. The molecule has 1 aliphatic rings. The summed E-state index contributed by atoms with van der Waals surface area (Å²) in [6.07, 6.45) is 1.90. The quantitative estimate of drug-likeness (QED) is 0.244. The number of hydrogen-bond donors (Lipinski definition) is 2. The molecule has 4 aromatic rings. The van der Waals surface area contributed by atoms with Crippen LogP contribution < -0.4 is 15.4 Å². The third-order valence-corrected chi connectivity index (χ3v) is 7.77. The maximum Gasteiger partial charge on any atom is 0.244 e. The Balaban J connectivity index is 1.35. The topological polar surface area (TPSA) is 80.3 Å². The van der Waals surface area contributed by atoms with Crippen LogP contribution in [0.5, 0.6) is 5.75 Å². The van der Waals surface area contributed by atoms with Gasteiger partial charge in [0.2, 0.25) is 11.8 Å². The maximum atomic E-state index is 13.5. The zero-order chi connectivity index (χ0) is 24.9. The highest BCUT2D eigenvalue weighted by Gasteiger charge is 2.29. The first-order chi connectivity index (χ1) is 17.6. The number of carbonyl (C=O) groups is 2. The fraction of sp³-hybridized carbons (Fsp3) is 0.179. The van der Waals surface area contributed by atoms with E-state index in [-0.39, 0.29) is 17.7 Å². The fourth-order valence-corrected chi connectivity index (χ4v) is 5.55. The van der Waals surface area contributed by atoms with Crippen molar-refractivity contribution in [2.24, 2.45) is 5.92 Å². The van der Waals surface area contributed by atoms with Crippen LogP contribution in [0.25, 0.3) is 11.3 Å². The normalized spacial score (nSPS) is 13.6. The predicted octanol–water partition coefficient (Wildman–Crippen LogP) is 6.64. The molecular formula is C28H25N3O3S2. The molecule has 0 radical (unpaired) electrons. The monoisotopic (exact) mass is 515 g/mol. The van der Waals surface area contributed by atoms with Gasteiger partial charge >= 0.3 is 0 Å². The lowest BCUT2D eigenvalue weighted by Gasteiger charge is -2.17. The first-order valence-corrected chi connectivity index (χ1v) is 13.4. The van der Waals surface area contributed by atoms with Gasteiger partial charge in [0.15, 0.2) is 5.13 Å². The fourth-order valence-electron chi connectivity index (χ4n) is 3.76. The predicted molar refractivity (Wildman–Crippen MR) is 146 cm³/mol. The molecule has 2 N–H and O–H groups in total. The summed E-state index contributed by atoms with van der Waals surface area (Å²) in [6.45, 7) is 0. The summed E-state index contributed by atoms with van der Waals surface area (Å²) in [5.41, 5.74) is 3.24. The van der Waals surface area contributed by atoms with Crippen LogP contribution in [0.2, 0.25) is 0 Å². The lowest BCUT2D eigenvalue weighted by Crippen LogP contribution is -2.19. The number of nitrogens with zero attached hydrogens (tertiary/aromatic N) is 1. The van der Waals surface area contributed by atoms with Crippen LogP contribution in [0, 0.1) is 5.92 Å². The van der Waals surface area contributed by atoms with Crippen molar-refractivity contribution < 1.29 is 14.3 Å². The average Bonchev–Trinajstić information content (AvgIpc) is 3.67. The highest BCUT2D eigenvalue weighted by Crippen LogP contribution is 2.38. The highest BCUT2D eigenvalue weighted by molar-refractivity contribution is 8.00. The first-order valence-electron chi connectivity index (χ1n) is 11.6. The molecule has 1 heterocycles. The van der Waals surface area contributed by atoms with Gasteiger partial charge in [-0.25, -0.2) is 4.98 Å². The van der Waals surface area contributed by atoms with E-state index >= 15 is 0 Å². The van der Waals surface area contributed by atoms with Gasteiger partial charge in [0.1, 0.15) is 11.0 Å². The van der Waals surface area contributed by atoms with Crippen LogP contribution in [0.4, 0.5) is 10.8 Å². The summed E-state index contributed by atoms with van der Waals surface area (Å²) >= 11 is 2.81. The van der Waals surface area contributed by atoms with Gasteiger partial charge in [-0.1, -0.05) is 48.5 Å². The van der Waals surface area contributed by atoms with Crippen molar-refractivity contribution in [3.63, 3.8) is 0 Å². The molecule has 1 saturated carbocycles. The number of ether oxygens (including phenoxy) is 1.